The first-order valence-corrected chi connectivity index (χ1v) is 6.92. The van der Waals surface area contributed by atoms with Crippen LogP contribution in [0, 0.1) is 11.6 Å². The van der Waals surface area contributed by atoms with Crippen LogP contribution < -0.4 is 5.56 Å². The lowest BCUT2D eigenvalue weighted by molar-refractivity contribution is 0.606. The number of aromatic nitrogens is 4. The van der Waals surface area contributed by atoms with E-state index in [1.165, 1.54) is 24.4 Å². The summed E-state index contributed by atoms with van der Waals surface area (Å²) in [5.74, 6) is -0.850. The van der Waals surface area contributed by atoms with Gasteiger partial charge in [0, 0.05) is 6.07 Å². The summed E-state index contributed by atoms with van der Waals surface area (Å²) in [6, 6.07) is 7.64. The highest BCUT2D eigenvalue weighted by Crippen LogP contribution is 2.07. The molecule has 0 atom stereocenters. The second kappa shape index (κ2) is 6.43. The van der Waals surface area contributed by atoms with Crippen LogP contribution in [0.2, 0.25) is 0 Å². The van der Waals surface area contributed by atoms with Gasteiger partial charge in [0.1, 0.15) is 5.82 Å². The summed E-state index contributed by atoms with van der Waals surface area (Å²) in [5, 5.41) is 4.00. The van der Waals surface area contributed by atoms with Crippen LogP contribution in [-0.4, -0.2) is 19.7 Å². The molecule has 0 unspecified atom stereocenters. The molecule has 0 aliphatic rings. The second-order valence-electron chi connectivity index (χ2n) is 4.94. The van der Waals surface area contributed by atoms with Gasteiger partial charge in [0.2, 0.25) is 0 Å². The molecule has 3 rings (SSSR count). The molecule has 3 aromatic rings. The Balaban J connectivity index is 1.75. The van der Waals surface area contributed by atoms with Gasteiger partial charge in [-0.1, -0.05) is 12.1 Å². The number of aryl methyl sites for hydroxylation is 2. The molecule has 5 nitrogen and oxygen atoms in total. The van der Waals surface area contributed by atoms with Gasteiger partial charge in [-0.2, -0.15) is 9.78 Å². The Morgan fingerprint density at radius 3 is 2.17 bits per heavy atom. The quantitative estimate of drug-likeness (QED) is 0.740. The summed E-state index contributed by atoms with van der Waals surface area (Å²) in [5.41, 5.74) is 1.32. The zero-order valence-corrected chi connectivity index (χ0v) is 12.0. The zero-order valence-electron chi connectivity index (χ0n) is 12.0. The molecule has 2 aromatic heterocycles. The van der Waals surface area contributed by atoms with Gasteiger partial charge in [0.25, 0.3) is 11.5 Å². The van der Waals surface area contributed by atoms with Crippen molar-refractivity contribution in [2.75, 3.05) is 0 Å². The fraction of sp³-hybridized carbons (Fsp3) is 0.125. The standard InChI is InChI=1S/C16H12F2N4O/c17-13-5-3-11(4-6-13)1-2-12-7-15(23)22(21-8-12)16-19-9-14(18)10-20-16/h3-10H,1-2H2. The van der Waals surface area contributed by atoms with E-state index < -0.39 is 11.4 Å². The summed E-state index contributed by atoms with van der Waals surface area (Å²) in [4.78, 5) is 19.5. The molecule has 0 saturated carbocycles. The lowest BCUT2D eigenvalue weighted by Gasteiger charge is -2.04. The predicted molar refractivity (Wildman–Crippen MR) is 79.2 cm³/mol. The average Bonchev–Trinajstić information content (AvgIpc) is 2.55. The molecule has 0 aliphatic heterocycles. The Morgan fingerprint density at radius 1 is 0.870 bits per heavy atom. The molecular weight excluding hydrogens is 302 g/mol. The van der Waals surface area contributed by atoms with Crippen LogP contribution >= 0.6 is 0 Å². The van der Waals surface area contributed by atoms with Gasteiger partial charge in [-0.15, -0.1) is 0 Å². The summed E-state index contributed by atoms with van der Waals surface area (Å²) in [6.07, 6.45) is 4.74. The molecule has 0 aliphatic carbocycles. The third-order valence-corrected chi connectivity index (χ3v) is 3.27. The van der Waals surface area contributed by atoms with Crippen LogP contribution in [0.1, 0.15) is 11.1 Å². The van der Waals surface area contributed by atoms with Crippen molar-refractivity contribution in [3.8, 4) is 5.95 Å². The van der Waals surface area contributed by atoms with Crippen molar-refractivity contribution in [1.82, 2.24) is 19.7 Å². The summed E-state index contributed by atoms with van der Waals surface area (Å²) in [6.45, 7) is 0. The van der Waals surface area contributed by atoms with Gasteiger partial charge in [0.05, 0.1) is 18.6 Å². The molecule has 7 heteroatoms. The summed E-state index contributed by atoms with van der Waals surface area (Å²) < 4.78 is 26.6. The van der Waals surface area contributed by atoms with E-state index in [1.54, 1.807) is 12.1 Å². The topological polar surface area (TPSA) is 60.7 Å². The fourth-order valence-corrected chi connectivity index (χ4v) is 2.09. The molecule has 0 amide bonds. The zero-order chi connectivity index (χ0) is 16.2. The van der Waals surface area contributed by atoms with E-state index in [0.717, 1.165) is 28.2 Å². The van der Waals surface area contributed by atoms with Gasteiger partial charge < -0.3 is 0 Å². The van der Waals surface area contributed by atoms with Crippen molar-refractivity contribution >= 4 is 0 Å². The molecule has 0 fully saturated rings. The highest BCUT2D eigenvalue weighted by Gasteiger charge is 2.06. The monoisotopic (exact) mass is 314 g/mol. The Hall–Kier alpha value is -2.96. The predicted octanol–water partition coefficient (Wildman–Crippen LogP) is 2.09. The molecule has 23 heavy (non-hydrogen) atoms. The van der Waals surface area contributed by atoms with Crippen LogP contribution in [0.4, 0.5) is 8.78 Å². The molecule has 0 radical (unpaired) electrons. The van der Waals surface area contributed by atoms with Gasteiger partial charge in [-0.3, -0.25) is 4.79 Å². The third kappa shape index (κ3) is 3.63. The number of halogens is 2. The minimum Gasteiger partial charge on any atom is -0.267 e. The Bertz CT molecular complexity index is 860. The molecule has 0 N–H and O–H groups in total. The first-order chi connectivity index (χ1) is 11.1. The van der Waals surface area contributed by atoms with Crippen LogP contribution in [0.3, 0.4) is 0 Å². The second-order valence-corrected chi connectivity index (χ2v) is 4.94. The van der Waals surface area contributed by atoms with Crippen molar-refractivity contribution in [3.63, 3.8) is 0 Å². The molecular formula is C16H12F2N4O. The van der Waals surface area contributed by atoms with E-state index in [0.29, 0.717) is 12.8 Å². The van der Waals surface area contributed by atoms with Gasteiger partial charge in [-0.05, 0) is 36.1 Å². The Labute approximate surface area is 130 Å². The lowest BCUT2D eigenvalue weighted by Crippen LogP contribution is -2.23. The highest BCUT2D eigenvalue weighted by atomic mass is 19.1. The number of rotatable bonds is 4. The van der Waals surface area contributed by atoms with Gasteiger partial charge >= 0.3 is 0 Å². The summed E-state index contributed by atoms with van der Waals surface area (Å²) in [7, 11) is 0. The normalized spacial score (nSPS) is 10.7. The lowest BCUT2D eigenvalue weighted by atomic mass is 10.1. The van der Waals surface area contributed by atoms with E-state index in [2.05, 4.69) is 15.1 Å². The number of nitrogens with zero attached hydrogens (tertiary/aromatic N) is 4. The van der Waals surface area contributed by atoms with Crippen molar-refractivity contribution in [1.29, 1.82) is 0 Å². The Kier molecular flexibility index (Phi) is 4.18. The number of hydrogen-bond acceptors (Lipinski definition) is 4. The molecule has 116 valence electrons. The molecule has 2 heterocycles. The maximum absolute atomic E-state index is 12.8. The molecule has 0 bridgehead atoms. The van der Waals surface area contributed by atoms with Crippen molar-refractivity contribution in [2.45, 2.75) is 12.8 Å². The van der Waals surface area contributed by atoms with E-state index in [-0.39, 0.29) is 11.8 Å². The van der Waals surface area contributed by atoms with E-state index in [4.69, 9.17) is 0 Å². The molecule has 1 aromatic carbocycles. The van der Waals surface area contributed by atoms with Crippen LogP contribution in [-0.2, 0) is 12.8 Å². The largest absolute Gasteiger partial charge is 0.274 e. The van der Waals surface area contributed by atoms with Crippen molar-refractivity contribution in [3.05, 3.63) is 82.0 Å². The smallest absolute Gasteiger partial charge is 0.267 e. The van der Waals surface area contributed by atoms with E-state index in [9.17, 15) is 13.6 Å². The van der Waals surface area contributed by atoms with Crippen LogP contribution in [0.15, 0.2) is 53.7 Å². The van der Waals surface area contributed by atoms with E-state index in [1.807, 2.05) is 0 Å². The van der Waals surface area contributed by atoms with E-state index >= 15 is 0 Å². The average molecular weight is 314 g/mol. The van der Waals surface area contributed by atoms with Crippen molar-refractivity contribution in [2.24, 2.45) is 0 Å². The van der Waals surface area contributed by atoms with Crippen molar-refractivity contribution < 1.29 is 8.78 Å². The first kappa shape index (κ1) is 15.0. The maximum atomic E-state index is 12.8. The van der Waals surface area contributed by atoms with Crippen LogP contribution in [0.5, 0.6) is 0 Å². The molecule has 0 saturated heterocycles. The summed E-state index contributed by atoms with van der Waals surface area (Å²) >= 11 is 0. The number of benzene rings is 1. The minimum atomic E-state index is -0.585. The fourth-order valence-electron chi connectivity index (χ4n) is 2.09. The van der Waals surface area contributed by atoms with Gasteiger partial charge in [-0.25, -0.2) is 18.7 Å². The van der Waals surface area contributed by atoms with Crippen LogP contribution in [0.25, 0.3) is 5.95 Å². The molecule has 0 spiro atoms. The first-order valence-electron chi connectivity index (χ1n) is 6.92. The highest BCUT2D eigenvalue weighted by molar-refractivity contribution is 5.19. The third-order valence-electron chi connectivity index (χ3n) is 3.27. The number of hydrogen-bond donors (Lipinski definition) is 0. The SMILES string of the molecule is O=c1cc(CCc2ccc(F)cc2)cnn1-c1ncc(F)cn1. The van der Waals surface area contributed by atoms with Gasteiger partial charge in [0.15, 0.2) is 5.82 Å². The maximum Gasteiger partial charge on any atom is 0.274 e. The Morgan fingerprint density at radius 2 is 1.52 bits per heavy atom. The minimum absolute atomic E-state index is 0.0153.